The largest absolute Gasteiger partial charge is 0.274 e. The summed E-state index contributed by atoms with van der Waals surface area (Å²) < 4.78 is 0.977. The molecule has 5 heteroatoms. The number of carbonyl (C=O) groups is 2. The van der Waals surface area contributed by atoms with Crippen LogP contribution in [0.1, 0.15) is 12.8 Å². The molecule has 1 aliphatic rings. The summed E-state index contributed by atoms with van der Waals surface area (Å²) in [5.74, 6) is 0.102. The molecule has 0 aliphatic carbocycles. The number of hydrogen-bond acceptors (Lipinski definition) is 3. The van der Waals surface area contributed by atoms with E-state index in [1.807, 2.05) is 6.07 Å². The third-order valence-corrected chi connectivity index (χ3v) is 2.63. The van der Waals surface area contributed by atoms with Crippen LogP contribution in [0, 0.1) is 3.57 Å². The van der Waals surface area contributed by atoms with Crippen molar-refractivity contribution in [1.29, 1.82) is 0 Å². The Morgan fingerprint density at radius 1 is 1.21 bits per heavy atom. The van der Waals surface area contributed by atoms with Gasteiger partial charge in [-0.15, -0.1) is 0 Å². The van der Waals surface area contributed by atoms with E-state index in [2.05, 4.69) is 27.6 Å². The van der Waals surface area contributed by atoms with E-state index in [-0.39, 0.29) is 11.8 Å². The molecule has 2 amide bonds. The second kappa shape index (κ2) is 3.64. The van der Waals surface area contributed by atoms with E-state index in [0.29, 0.717) is 18.7 Å². The first-order chi connectivity index (χ1) is 6.68. The highest BCUT2D eigenvalue weighted by atomic mass is 127. The van der Waals surface area contributed by atoms with Crippen molar-refractivity contribution in [3.05, 3.63) is 21.9 Å². The SMILES string of the molecule is O=C1CCC(=O)N1c1ccc(I)cn1. The summed E-state index contributed by atoms with van der Waals surface area (Å²) in [4.78, 5) is 27.9. The number of rotatable bonds is 1. The molecule has 2 rings (SSSR count). The van der Waals surface area contributed by atoms with Crippen LogP contribution in [0.25, 0.3) is 0 Å². The predicted molar refractivity (Wildman–Crippen MR) is 58.7 cm³/mol. The van der Waals surface area contributed by atoms with Gasteiger partial charge in [0.25, 0.3) is 0 Å². The number of imide groups is 1. The van der Waals surface area contributed by atoms with E-state index in [4.69, 9.17) is 0 Å². The Labute approximate surface area is 94.4 Å². The molecule has 0 saturated carbocycles. The van der Waals surface area contributed by atoms with Gasteiger partial charge in [-0.1, -0.05) is 0 Å². The number of halogens is 1. The molecule has 0 bridgehead atoms. The van der Waals surface area contributed by atoms with Gasteiger partial charge in [-0.25, -0.2) is 9.88 Å². The van der Waals surface area contributed by atoms with E-state index in [0.717, 1.165) is 8.47 Å². The minimum atomic E-state index is -0.163. The van der Waals surface area contributed by atoms with Gasteiger partial charge in [-0.3, -0.25) is 9.59 Å². The molecular formula is C9H7IN2O2. The van der Waals surface area contributed by atoms with Crippen molar-refractivity contribution in [3.63, 3.8) is 0 Å². The first-order valence-electron chi connectivity index (χ1n) is 4.16. The van der Waals surface area contributed by atoms with Crippen molar-refractivity contribution in [2.75, 3.05) is 4.90 Å². The fourth-order valence-corrected chi connectivity index (χ4v) is 1.65. The van der Waals surface area contributed by atoms with Crippen LogP contribution in [0.15, 0.2) is 18.3 Å². The number of pyridine rings is 1. The average Bonchev–Trinajstić information content (AvgIpc) is 2.49. The maximum Gasteiger partial charge on any atom is 0.235 e. The summed E-state index contributed by atoms with van der Waals surface area (Å²) in [5, 5.41) is 0. The molecule has 0 radical (unpaired) electrons. The Kier molecular flexibility index (Phi) is 2.49. The lowest BCUT2D eigenvalue weighted by atomic mass is 10.4. The molecule has 1 aliphatic heterocycles. The topological polar surface area (TPSA) is 50.3 Å². The van der Waals surface area contributed by atoms with Crippen molar-refractivity contribution >= 4 is 40.2 Å². The Bertz CT molecular complexity index is 372. The Hall–Kier alpha value is -0.980. The maximum atomic E-state index is 11.3. The molecule has 0 spiro atoms. The van der Waals surface area contributed by atoms with Crippen molar-refractivity contribution in [3.8, 4) is 0 Å². The summed E-state index contributed by atoms with van der Waals surface area (Å²) in [6, 6.07) is 3.50. The van der Waals surface area contributed by atoms with E-state index >= 15 is 0 Å². The zero-order valence-corrected chi connectivity index (χ0v) is 9.39. The van der Waals surface area contributed by atoms with Crippen LogP contribution in [-0.4, -0.2) is 16.8 Å². The van der Waals surface area contributed by atoms with Crippen LogP contribution in [0.4, 0.5) is 5.82 Å². The van der Waals surface area contributed by atoms with Gasteiger partial charge in [0, 0.05) is 22.6 Å². The quantitative estimate of drug-likeness (QED) is 0.581. The summed E-state index contributed by atoms with van der Waals surface area (Å²) in [7, 11) is 0. The first-order valence-corrected chi connectivity index (χ1v) is 5.24. The van der Waals surface area contributed by atoms with E-state index in [1.54, 1.807) is 12.3 Å². The van der Waals surface area contributed by atoms with E-state index < -0.39 is 0 Å². The van der Waals surface area contributed by atoms with Crippen molar-refractivity contribution < 1.29 is 9.59 Å². The van der Waals surface area contributed by atoms with Gasteiger partial charge >= 0.3 is 0 Å². The predicted octanol–water partition coefficient (Wildman–Crippen LogP) is 1.34. The fourth-order valence-electron chi connectivity index (χ4n) is 1.33. The Balaban J connectivity index is 2.34. The first kappa shape index (κ1) is 9.57. The smallest absolute Gasteiger partial charge is 0.235 e. The Morgan fingerprint density at radius 3 is 2.36 bits per heavy atom. The van der Waals surface area contributed by atoms with E-state index in [9.17, 15) is 9.59 Å². The van der Waals surface area contributed by atoms with Gasteiger partial charge < -0.3 is 0 Å². The maximum absolute atomic E-state index is 11.3. The average molecular weight is 302 g/mol. The lowest BCUT2D eigenvalue weighted by Gasteiger charge is -2.11. The molecule has 2 heterocycles. The highest BCUT2D eigenvalue weighted by Gasteiger charge is 2.30. The van der Waals surface area contributed by atoms with Crippen LogP contribution in [0.3, 0.4) is 0 Å². The summed E-state index contributed by atoms with van der Waals surface area (Å²) in [5.41, 5.74) is 0. The number of anilines is 1. The normalized spacial score (nSPS) is 16.5. The molecule has 1 aromatic heterocycles. The molecule has 1 fully saturated rings. The molecule has 72 valence electrons. The van der Waals surface area contributed by atoms with Crippen molar-refractivity contribution in [1.82, 2.24) is 4.98 Å². The van der Waals surface area contributed by atoms with Crippen molar-refractivity contribution in [2.45, 2.75) is 12.8 Å². The lowest BCUT2D eigenvalue weighted by molar-refractivity contribution is -0.121. The molecule has 0 N–H and O–H groups in total. The number of nitrogens with zero attached hydrogens (tertiary/aromatic N) is 2. The fraction of sp³-hybridized carbons (Fsp3) is 0.222. The number of amides is 2. The van der Waals surface area contributed by atoms with Crippen LogP contribution in [0.5, 0.6) is 0 Å². The molecule has 0 aromatic carbocycles. The van der Waals surface area contributed by atoms with Gasteiger partial charge in [0.2, 0.25) is 11.8 Å². The molecule has 14 heavy (non-hydrogen) atoms. The van der Waals surface area contributed by atoms with Crippen molar-refractivity contribution in [2.24, 2.45) is 0 Å². The van der Waals surface area contributed by atoms with Crippen LogP contribution in [0.2, 0.25) is 0 Å². The highest BCUT2D eigenvalue weighted by Crippen LogP contribution is 2.20. The highest BCUT2D eigenvalue weighted by molar-refractivity contribution is 14.1. The third kappa shape index (κ3) is 1.63. The zero-order chi connectivity index (χ0) is 10.1. The lowest BCUT2D eigenvalue weighted by Crippen LogP contribution is -2.29. The molecule has 1 saturated heterocycles. The molecule has 0 atom stereocenters. The monoisotopic (exact) mass is 302 g/mol. The van der Waals surface area contributed by atoms with Gasteiger partial charge in [0.05, 0.1) is 0 Å². The van der Waals surface area contributed by atoms with Gasteiger partial charge in [-0.05, 0) is 34.7 Å². The third-order valence-electron chi connectivity index (χ3n) is 1.99. The molecule has 0 unspecified atom stereocenters. The van der Waals surface area contributed by atoms with E-state index in [1.165, 1.54) is 0 Å². The molecule has 1 aromatic rings. The molecular weight excluding hydrogens is 295 g/mol. The number of carbonyl (C=O) groups excluding carboxylic acids is 2. The summed E-state index contributed by atoms with van der Waals surface area (Å²) in [6.07, 6.45) is 2.23. The van der Waals surface area contributed by atoms with Crippen LogP contribution >= 0.6 is 22.6 Å². The standard InChI is InChI=1S/C9H7IN2O2/c10-6-1-2-7(11-5-6)12-8(13)3-4-9(12)14/h1-2,5H,3-4H2. The second-order valence-corrected chi connectivity index (χ2v) is 4.20. The summed E-state index contributed by atoms with van der Waals surface area (Å²) >= 11 is 2.12. The van der Waals surface area contributed by atoms with Crippen LogP contribution in [-0.2, 0) is 9.59 Å². The number of hydrogen-bond donors (Lipinski definition) is 0. The summed E-state index contributed by atoms with van der Waals surface area (Å²) in [6.45, 7) is 0. The van der Waals surface area contributed by atoms with Crippen LogP contribution < -0.4 is 4.90 Å². The zero-order valence-electron chi connectivity index (χ0n) is 7.24. The minimum absolute atomic E-state index is 0.163. The molecule has 4 nitrogen and oxygen atoms in total. The second-order valence-electron chi connectivity index (χ2n) is 2.96. The Morgan fingerprint density at radius 2 is 1.86 bits per heavy atom. The minimum Gasteiger partial charge on any atom is -0.274 e. The van der Waals surface area contributed by atoms with Gasteiger partial charge in [0.1, 0.15) is 5.82 Å². The van der Waals surface area contributed by atoms with Gasteiger partial charge in [-0.2, -0.15) is 0 Å². The van der Waals surface area contributed by atoms with Gasteiger partial charge in [0.15, 0.2) is 0 Å². The number of aromatic nitrogens is 1.